The first-order valence-corrected chi connectivity index (χ1v) is 7.88. The van der Waals surface area contributed by atoms with Crippen molar-refractivity contribution in [3.8, 4) is 5.75 Å². The predicted octanol–water partition coefficient (Wildman–Crippen LogP) is 3.52. The number of rotatable bonds is 1. The van der Waals surface area contributed by atoms with Gasteiger partial charge in [-0.2, -0.15) is 18.2 Å². The predicted molar refractivity (Wildman–Crippen MR) is 96.7 cm³/mol. The van der Waals surface area contributed by atoms with Gasteiger partial charge in [-0.15, -0.1) is 0 Å². The van der Waals surface area contributed by atoms with Crippen molar-refractivity contribution in [1.82, 2.24) is 0 Å². The van der Waals surface area contributed by atoms with Crippen molar-refractivity contribution in [3.63, 3.8) is 0 Å². The molecular weight excluding hydrogens is 370 g/mol. The Morgan fingerprint density at radius 3 is 2.42 bits per heavy atom. The molecule has 132 valence electrons. The van der Waals surface area contributed by atoms with E-state index in [0.29, 0.717) is 22.8 Å². The number of benzene rings is 1. The van der Waals surface area contributed by atoms with Gasteiger partial charge in [-0.3, -0.25) is 4.79 Å². The summed E-state index contributed by atoms with van der Waals surface area (Å²) in [5.74, 6) is 0.711. The van der Waals surface area contributed by atoms with Crippen LogP contribution < -0.4 is 15.2 Å². The standard InChI is InChI=1S/C16H13NO3.C5H5.Fe/c1-10(18)17-12-6-7-13-14(19)9-15(20-16(13)8-12)11-4-2-3-5-11;1-2-4-5-3-1;/h2-9,19H,1H3,(H,17,18);1-5H;/q;-1;+2/p-1. The third-order valence-corrected chi connectivity index (χ3v) is 3.55. The van der Waals surface area contributed by atoms with Crippen LogP contribution in [0.25, 0.3) is 5.76 Å². The van der Waals surface area contributed by atoms with Gasteiger partial charge in [-0.05, 0) is 18.2 Å². The van der Waals surface area contributed by atoms with Gasteiger partial charge < -0.3 is 15.2 Å². The summed E-state index contributed by atoms with van der Waals surface area (Å²) in [6, 6.07) is 15.0. The molecule has 1 aliphatic carbocycles. The normalized spacial score (nSPS) is 13.7. The van der Waals surface area contributed by atoms with Crippen molar-refractivity contribution in [3.05, 3.63) is 95.8 Å². The first kappa shape index (κ1) is 19.4. The van der Waals surface area contributed by atoms with Crippen LogP contribution in [0.1, 0.15) is 12.5 Å². The summed E-state index contributed by atoms with van der Waals surface area (Å²) >= 11 is 0. The number of hydrogen-bond acceptors (Lipinski definition) is 3. The zero-order valence-corrected chi connectivity index (χ0v) is 15.2. The zero-order chi connectivity index (χ0) is 17.6. The third kappa shape index (κ3) is 4.82. The first-order valence-electron chi connectivity index (χ1n) is 7.88. The number of allylic oxidation sites excluding steroid dienone is 6. The Bertz CT molecular complexity index is 859. The second-order valence-electron chi connectivity index (χ2n) is 5.50. The fourth-order valence-electron chi connectivity index (χ4n) is 2.44. The van der Waals surface area contributed by atoms with E-state index < -0.39 is 0 Å². The number of hydrogen-bond donors (Lipinski definition) is 1. The molecule has 5 heteroatoms. The molecule has 0 fully saturated rings. The number of nitrogens with one attached hydrogen (secondary N) is 1. The average Bonchev–Trinajstić information content (AvgIpc) is 3.30. The van der Waals surface area contributed by atoms with Gasteiger partial charge in [0.15, 0.2) is 0 Å². The Labute approximate surface area is 163 Å². The van der Waals surface area contributed by atoms with Crippen molar-refractivity contribution < 1.29 is 31.7 Å². The monoisotopic (exact) mass is 387 g/mol. The van der Waals surface area contributed by atoms with Crippen molar-refractivity contribution >= 4 is 17.4 Å². The molecule has 0 saturated heterocycles. The Hall–Kier alpha value is -2.88. The second-order valence-corrected chi connectivity index (χ2v) is 5.50. The van der Waals surface area contributed by atoms with Crippen LogP contribution in [-0.2, 0) is 21.9 Å². The minimum Gasteiger partial charge on any atom is -0.872 e. The molecule has 4 rings (SSSR count). The summed E-state index contributed by atoms with van der Waals surface area (Å²) in [5, 5.41) is 14.8. The van der Waals surface area contributed by atoms with Gasteiger partial charge in [0.1, 0.15) is 11.5 Å². The molecule has 2 aliphatic rings. The van der Waals surface area contributed by atoms with Crippen LogP contribution in [0.5, 0.6) is 5.75 Å². The van der Waals surface area contributed by atoms with Crippen LogP contribution in [-0.4, -0.2) is 5.91 Å². The molecule has 2 aromatic rings. The van der Waals surface area contributed by atoms with E-state index in [1.54, 1.807) is 18.2 Å². The van der Waals surface area contributed by atoms with Crippen molar-refractivity contribution in [2.75, 3.05) is 5.32 Å². The molecule has 26 heavy (non-hydrogen) atoms. The molecule has 0 unspecified atom stereocenters. The fraction of sp³-hybridized carbons (Fsp3) is 0.0476. The number of anilines is 1. The van der Waals surface area contributed by atoms with E-state index in [-0.39, 0.29) is 28.7 Å². The summed E-state index contributed by atoms with van der Waals surface area (Å²) in [6.07, 6.45) is 9.00. The maximum atomic E-state index is 12.1. The summed E-state index contributed by atoms with van der Waals surface area (Å²) in [5.41, 5.74) is 1.95. The average molecular weight is 387 g/mol. The summed E-state index contributed by atoms with van der Waals surface area (Å²) in [4.78, 5) is 11.1. The van der Waals surface area contributed by atoms with E-state index in [0.717, 1.165) is 5.57 Å². The summed E-state index contributed by atoms with van der Waals surface area (Å²) in [6.45, 7) is 1.43. The molecule has 0 bridgehead atoms. The molecule has 1 N–H and O–H groups in total. The number of ether oxygens (including phenoxy) is 1. The van der Waals surface area contributed by atoms with Gasteiger partial charge in [0, 0.05) is 29.8 Å². The van der Waals surface area contributed by atoms with Gasteiger partial charge in [0.25, 0.3) is 0 Å². The van der Waals surface area contributed by atoms with Crippen molar-refractivity contribution in [2.24, 2.45) is 0 Å². The number of carbonyl (C=O) groups is 1. The SMILES string of the molecule is CC(=O)Nc1ccc2c(c1)OC(=C1C=CC=C1)C=C2[O-].[Fe+2].c1cc[cH-]c1. The molecule has 1 heterocycles. The molecule has 0 atom stereocenters. The van der Waals surface area contributed by atoms with E-state index in [9.17, 15) is 9.90 Å². The van der Waals surface area contributed by atoms with Gasteiger partial charge in [0.05, 0.1) is 0 Å². The molecule has 0 saturated carbocycles. The van der Waals surface area contributed by atoms with E-state index in [4.69, 9.17) is 4.74 Å². The molecule has 1 aliphatic heterocycles. The van der Waals surface area contributed by atoms with Gasteiger partial charge in [-0.1, -0.05) is 30.1 Å². The maximum Gasteiger partial charge on any atom is 2.00 e. The molecular formula is C21H17FeNO3. The van der Waals surface area contributed by atoms with Crippen LogP contribution in [0.15, 0.2) is 90.2 Å². The van der Waals surface area contributed by atoms with Crippen LogP contribution in [0.3, 0.4) is 0 Å². The Morgan fingerprint density at radius 1 is 1.15 bits per heavy atom. The molecule has 2 aromatic carbocycles. The van der Waals surface area contributed by atoms with Gasteiger partial charge in [0.2, 0.25) is 5.91 Å². The maximum absolute atomic E-state index is 12.1. The summed E-state index contributed by atoms with van der Waals surface area (Å²) in [7, 11) is 0. The zero-order valence-electron chi connectivity index (χ0n) is 14.1. The molecule has 0 aromatic heterocycles. The van der Waals surface area contributed by atoms with Gasteiger partial charge >= 0.3 is 17.1 Å². The Morgan fingerprint density at radius 2 is 1.85 bits per heavy atom. The number of amides is 1. The summed E-state index contributed by atoms with van der Waals surface area (Å²) < 4.78 is 5.76. The van der Waals surface area contributed by atoms with Crippen LogP contribution in [0.2, 0.25) is 0 Å². The Balaban J connectivity index is 0.000000351. The first-order chi connectivity index (χ1) is 12.1. The quantitative estimate of drug-likeness (QED) is 0.602. The largest absolute Gasteiger partial charge is 2.00 e. The molecule has 0 radical (unpaired) electrons. The van der Waals surface area contributed by atoms with E-state index in [1.807, 2.05) is 54.6 Å². The van der Waals surface area contributed by atoms with Crippen LogP contribution in [0, 0.1) is 0 Å². The van der Waals surface area contributed by atoms with E-state index in [2.05, 4.69) is 5.32 Å². The van der Waals surface area contributed by atoms with E-state index in [1.165, 1.54) is 13.0 Å². The van der Waals surface area contributed by atoms with Crippen molar-refractivity contribution in [1.29, 1.82) is 0 Å². The second kappa shape index (κ2) is 8.99. The topological polar surface area (TPSA) is 61.4 Å². The fourth-order valence-corrected chi connectivity index (χ4v) is 2.44. The molecule has 1 amide bonds. The molecule has 0 spiro atoms. The van der Waals surface area contributed by atoms with Crippen LogP contribution in [0.4, 0.5) is 5.69 Å². The third-order valence-electron chi connectivity index (χ3n) is 3.55. The van der Waals surface area contributed by atoms with E-state index >= 15 is 0 Å². The molecule has 4 nitrogen and oxygen atoms in total. The number of carbonyl (C=O) groups excluding carboxylic acids is 1. The smallest absolute Gasteiger partial charge is 0.872 e. The van der Waals surface area contributed by atoms with Crippen LogP contribution >= 0.6 is 0 Å². The van der Waals surface area contributed by atoms with Crippen molar-refractivity contribution in [2.45, 2.75) is 6.92 Å². The van der Waals surface area contributed by atoms with Gasteiger partial charge in [-0.25, -0.2) is 12.1 Å². The number of fused-ring (bicyclic) bond motifs is 1. The Kier molecular flexibility index (Phi) is 6.73. The minimum absolute atomic E-state index is 0. The minimum atomic E-state index is -0.168.